The lowest BCUT2D eigenvalue weighted by Gasteiger charge is -2.07. The molecule has 0 bridgehead atoms. The van der Waals surface area contributed by atoms with Gasteiger partial charge in [0.1, 0.15) is 0 Å². The molecule has 1 aromatic heterocycles. The van der Waals surface area contributed by atoms with E-state index in [0.29, 0.717) is 0 Å². The minimum absolute atomic E-state index is 0.0384. The Morgan fingerprint density at radius 3 is 3.06 bits per heavy atom. The van der Waals surface area contributed by atoms with Crippen molar-refractivity contribution in [3.63, 3.8) is 0 Å². The van der Waals surface area contributed by atoms with E-state index in [2.05, 4.69) is 32.9 Å². The first-order valence-electron chi connectivity index (χ1n) is 5.05. The molecule has 16 heavy (non-hydrogen) atoms. The summed E-state index contributed by atoms with van der Waals surface area (Å²) in [5.41, 5.74) is 2.99. The van der Waals surface area contributed by atoms with Crippen LogP contribution in [0.3, 0.4) is 0 Å². The molecule has 1 aliphatic rings. The third-order valence-corrected chi connectivity index (χ3v) is 3.78. The summed E-state index contributed by atoms with van der Waals surface area (Å²) in [5.74, 6) is 0.0595. The molecule has 0 radical (unpaired) electrons. The Balaban J connectivity index is 2.35. The molecule has 1 aromatic carbocycles. The zero-order valence-electron chi connectivity index (χ0n) is 8.40. The molecular formula is C12H9IN2O. The number of anilines is 1. The van der Waals surface area contributed by atoms with Gasteiger partial charge in [-0.25, -0.2) is 0 Å². The summed E-state index contributed by atoms with van der Waals surface area (Å²) in [7, 11) is 0. The summed E-state index contributed by atoms with van der Waals surface area (Å²) in [6, 6.07) is 7.83. The van der Waals surface area contributed by atoms with Gasteiger partial charge in [0.25, 0.3) is 0 Å². The van der Waals surface area contributed by atoms with Gasteiger partial charge in [0.05, 0.1) is 11.4 Å². The molecule has 0 spiro atoms. The Morgan fingerprint density at radius 1 is 1.38 bits per heavy atom. The lowest BCUT2D eigenvalue weighted by atomic mass is 9.98. The number of rotatable bonds is 1. The van der Waals surface area contributed by atoms with Gasteiger partial charge in [-0.2, -0.15) is 0 Å². The van der Waals surface area contributed by atoms with Crippen molar-refractivity contribution in [1.29, 1.82) is 0 Å². The number of halogens is 1. The smallest absolute Gasteiger partial charge is 0.232 e. The van der Waals surface area contributed by atoms with Crippen LogP contribution in [0.5, 0.6) is 0 Å². The van der Waals surface area contributed by atoms with Gasteiger partial charge in [0.15, 0.2) is 0 Å². The van der Waals surface area contributed by atoms with E-state index >= 15 is 0 Å². The highest BCUT2D eigenvalue weighted by atomic mass is 127. The van der Waals surface area contributed by atoms with Crippen molar-refractivity contribution in [1.82, 2.24) is 4.98 Å². The molecule has 0 saturated heterocycles. The summed E-state index contributed by atoms with van der Waals surface area (Å²) >= 11 is 2.25. The number of fused-ring (bicyclic) bond motifs is 3. The first-order valence-corrected chi connectivity index (χ1v) is 6.58. The quantitative estimate of drug-likeness (QED) is 0.647. The van der Waals surface area contributed by atoms with Crippen molar-refractivity contribution < 1.29 is 4.79 Å². The van der Waals surface area contributed by atoms with Crippen LogP contribution in [0, 0.1) is 0 Å². The van der Waals surface area contributed by atoms with Crippen LogP contribution in [0.4, 0.5) is 5.69 Å². The number of nitrogens with zero attached hydrogens (tertiary/aromatic N) is 1. The molecule has 1 unspecified atom stereocenters. The van der Waals surface area contributed by atoms with E-state index in [1.54, 1.807) is 6.20 Å². The zero-order chi connectivity index (χ0) is 11.1. The molecule has 80 valence electrons. The minimum atomic E-state index is -0.0384. The average Bonchev–Trinajstić information content (AvgIpc) is 2.65. The normalized spacial score (nSPS) is 18.6. The molecule has 0 fully saturated rings. The fraction of sp³-hybridized carbons (Fsp3) is 0.167. The minimum Gasteiger partial charge on any atom is -0.325 e. The van der Waals surface area contributed by atoms with Crippen molar-refractivity contribution in [2.45, 2.75) is 5.92 Å². The van der Waals surface area contributed by atoms with E-state index in [4.69, 9.17) is 0 Å². The van der Waals surface area contributed by atoms with E-state index in [1.165, 1.54) is 0 Å². The van der Waals surface area contributed by atoms with Gasteiger partial charge in [0.2, 0.25) is 5.91 Å². The number of amides is 1. The highest BCUT2D eigenvalue weighted by Crippen LogP contribution is 2.38. The Morgan fingerprint density at radius 2 is 2.25 bits per heavy atom. The van der Waals surface area contributed by atoms with Gasteiger partial charge in [-0.1, -0.05) is 28.7 Å². The van der Waals surface area contributed by atoms with Gasteiger partial charge < -0.3 is 5.32 Å². The molecule has 2 heterocycles. The summed E-state index contributed by atoms with van der Waals surface area (Å²) < 4.78 is 0.796. The second-order valence-corrected chi connectivity index (χ2v) is 4.67. The molecule has 0 aliphatic carbocycles. The average molecular weight is 324 g/mol. The second-order valence-electron chi connectivity index (χ2n) is 3.79. The number of aromatic nitrogens is 1. The van der Waals surface area contributed by atoms with Crippen LogP contribution in [0.25, 0.3) is 10.9 Å². The van der Waals surface area contributed by atoms with Crippen molar-refractivity contribution in [2.24, 2.45) is 0 Å². The maximum absolute atomic E-state index is 11.8. The summed E-state index contributed by atoms with van der Waals surface area (Å²) in [6.45, 7) is 0. The van der Waals surface area contributed by atoms with E-state index in [0.717, 1.165) is 26.6 Å². The number of alkyl halides is 1. The van der Waals surface area contributed by atoms with Crippen molar-refractivity contribution in [2.75, 3.05) is 9.74 Å². The number of hydrogen-bond acceptors (Lipinski definition) is 2. The molecular weight excluding hydrogens is 315 g/mol. The molecule has 0 saturated carbocycles. The predicted molar refractivity (Wildman–Crippen MR) is 72.0 cm³/mol. The number of hydrogen-bond donors (Lipinski definition) is 1. The molecule has 1 N–H and O–H groups in total. The fourth-order valence-corrected chi connectivity index (χ4v) is 3.00. The summed E-state index contributed by atoms with van der Waals surface area (Å²) in [5, 5.41) is 4.00. The topological polar surface area (TPSA) is 42.0 Å². The zero-order valence-corrected chi connectivity index (χ0v) is 10.6. The largest absolute Gasteiger partial charge is 0.325 e. The first-order chi connectivity index (χ1) is 7.81. The Hall–Kier alpha value is -1.17. The van der Waals surface area contributed by atoms with Crippen LogP contribution in [-0.2, 0) is 4.79 Å². The molecule has 4 heteroatoms. The standard InChI is InChI=1S/C12H9IN2O/c13-6-8-11-7-2-1-5-14-9(7)3-4-10(11)15-12(8)16/h1-5,8H,6H2,(H,15,16). The highest BCUT2D eigenvalue weighted by Gasteiger charge is 2.31. The number of carbonyl (C=O) groups excluding carboxylic acids is 1. The number of pyridine rings is 1. The lowest BCUT2D eigenvalue weighted by molar-refractivity contribution is -0.116. The van der Waals surface area contributed by atoms with Gasteiger partial charge in [-0.15, -0.1) is 0 Å². The van der Waals surface area contributed by atoms with E-state index in [9.17, 15) is 4.79 Å². The second kappa shape index (κ2) is 3.69. The van der Waals surface area contributed by atoms with Crippen molar-refractivity contribution in [3.05, 3.63) is 36.0 Å². The van der Waals surface area contributed by atoms with Crippen LogP contribution in [-0.4, -0.2) is 15.3 Å². The fourth-order valence-electron chi connectivity index (χ4n) is 2.16. The molecule has 1 amide bonds. The van der Waals surface area contributed by atoms with Gasteiger partial charge in [-0.3, -0.25) is 9.78 Å². The van der Waals surface area contributed by atoms with Crippen molar-refractivity contribution >= 4 is 45.1 Å². The highest BCUT2D eigenvalue weighted by molar-refractivity contribution is 14.1. The Bertz CT molecular complexity index is 582. The monoisotopic (exact) mass is 324 g/mol. The molecule has 2 aromatic rings. The molecule has 3 rings (SSSR count). The lowest BCUT2D eigenvalue weighted by Crippen LogP contribution is -2.12. The number of carbonyl (C=O) groups is 1. The van der Waals surface area contributed by atoms with Crippen LogP contribution in [0.15, 0.2) is 30.5 Å². The van der Waals surface area contributed by atoms with Crippen LogP contribution in [0.2, 0.25) is 0 Å². The van der Waals surface area contributed by atoms with Gasteiger partial charge in [-0.05, 0) is 23.8 Å². The Labute approximate surface area is 106 Å². The van der Waals surface area contributed by atoms with Gasteiger partial charge >= 0.3 is 0 Å². The van der Waals surface area contributed by atoms with Gasteiger partial charge in [0, 0.05) is 21.7 Å². The Kier molecular flexibility index (Phi) is 2.31. The third-order valence-electron chi connectivity index (χ3n) is 2.90. The molecule has 1 atom stereocenters. The molecule has 3 nitrogen and oxygen atoms in total. The van der Waals surface area contributed by atoms with Crippen LogP contribution in [0.1, 0.15) is 11.5 Å². The number of nitrogens with one attached hydrogen (secondary N) is 1. The van der Waals surface area contributed by atoms with E-state index in [-0.39, 0.29) is 11.8 Å². The van der Waals surface area contributed by atoms with Crippen molar-refractivity contribution in [3.8, 4) is 0 Å². The SMILES string of the molecule is O=C1Nc2ccc3ncccc3c2C1CI. The number of benzene rings is 1. The van der Waals surface area contributed by atoms with E-state index < -0.39 is 0 Å². The summed E-state index contributed by atoms with van der Waals surface area (Å²) in [6.07, 6.45) is 1.78. The van der Waals surface area contributed by atoms with Crippen LogP contribution < -0.4 is 5.32 Å². The molecule has 1 aliphatic heterocycles. The first kappa shape index (κ1) is 10.0. The van der Waals surface area contributed by atoms with Crippen LogP contribution >= 0.6 is 22.6 Å². The van der Waals surface area contributed by atoms with E-state index in [1.807, 2.05) is 24.3 Å². The predicted octanol–water partition coefficient (Wildman–Crippen LogP) is 2.71. The summed E-state index contributed by atoms with van der Waals surface area (Å²) in [4.78, 5) is 16.1. The third kappa shape index (κ3) is 1.32. The maximum atomic E-state index is 11.8. The maximum Gasteiger partial charge on any atom is 0.232 e.